The lowest BCUT2D eigenvalue weighted by atomic mass is 10.1. The number of nitrogens with zero attached hydrogens (tertiary/aromatic N) is 2. The minimum Gasteiger partial charge on any atom is -0.370 e. The lowest BCUT2D eigenvalue weighted by Crippen LogP contribution is -2.05. The molecule has 0 saturated carbocycles. The molecule has 1 aromatic carbocycles. The maximum absolute atomic E-state index is 13.2. The summed E-state index contributed by atoms with van der Waals surface area (Å²) in [6.07, 6.45) is 0. The number of aromatic nitrogens is 2. The van der Waals surface area contributed by atoms with E-state index in [1.807, 2.05) is 26.8 Å². The summed E-state index contributed by atoms with van der Waals surface area (Å²) in [5.41, 5.74) is 1.52. The van der Waals surface area contributed by atoms with Crippen LogP contribution >= 0.6 is 11.6 Å². The fraction of sp³-hybridized carbons (Fsp3) is 0.333. The molecule has 0 bridgehead atoms. The van der Waals surface area contributed by atoms with Gasteiger partial charge in [-0.2, -0.15) is 0 Å². The normalized spacial score (nSPS) is 10.9. The van der Waals surface area contributed by atoms with E-state index in [2.05, 4.69) is 15.3 Å². The first-order valence-electron chi connectivity index (χ1n) is 6.59. The fourth-order valence-corrected chi connectivity index (χ4v) is 1.98. The highest BCUT2D eigenvalue weighted by molar-refractivity contribution is 6.31. The van der Waals surface area contributed by atoms with Crippen molar-refractivity contribution in [3.8, 4) is 11.3 Å². The van der Waals surface area contributed by atoms with Crippen LogP contribution in [0.4, 0.5) is 10.2 Å². The van der Waals surface area contributed by atoms with E-state index >= 15 is 0 Å². The Balaban J connectivity index is 2.51. The van der Waals surface area contributed by atoms with Crippen LogP contribution in [0.15, 0.2) is 24.3 Å². The Bertz CT molecular complexity index is 614. The number of halogens is 2. The van der Waals surface area contributed by atoms with Gasteiger partial charge < -0.3 is 5.32 Å². The molecule has 0 aliphatic carbocycles. The molecule has 20 heavy (non-hydrogen) atoms. The summed E-state index contributed by atoms with van der Waals surface area (Å²) in [4.78, 5) is 8.98. The Hall–Kier alpha value is -1.68. The van der Waals surface area contributed by atoms with Gasteiger partial charge in [-0.05, 0) is 25.1 Å². The minimum absolute atomic E-state index is 0.0946. The molecule has 0 unspecified atom stereocenters. The summed E-state index contributed by atoms with van der Waals surface area (Å²) in [5.74, 6) is 1.30. The summed E-state index contributed by atoms with van der Waals surface area (Å²) in [5, 5.41) is 3.28. The highest BCUT2D eigenvalue weighted by Crippen LogP contribution is 2.26. The van der Waals surface area contributed by atoms with Crippen LogP contribution in [0.1, 0.15) is 32.5 Å². The molecule has 0 saturated heterocycles. The first kappa shape index (κ1) is 14.7. The zero-order valence-corrected chi connectivity index (χ0v) is 12.5. The molecule has 0 fully saturated rings. The maximum Gasteiger partial charge on any atom is 0.141 e. The first-order valence-corrected chi connectivity index (χ1v) is 6.97. The summed E-state index contributed by atoms with van der Waals surface area (Å²) >= 11 is 5.83. The molecular weight excluding hydrogens is 277 g/mol. The Morgan fingerprint density at radius 2 is 2.00 bits per heavy atom. The molecule has 5 heteroatoms. The number of nitrogens with one attached hydrogen (secondary N) is 1. The zero-order chi connectivity index (χ0) is 14.7. The van der Waals surface area contributed by atoms with E-state index in [1.54, 1.807) is 12.1 Å². The van der Waals surface area contributed by atoms with Crippen molar-refractivity contribution >= 4 is 17.4 Å². The molecule has 1 N–H and O–H groups in total. The van der Waals surface area contributed by atoms with Crippen LogP contribution in [0, 0.1) is 5.82 Å². The second-order valence-corrected chi connectivity index (χ2v) is 5.22. The average molecular weight is 294 g/mol. The number of hydrogen-bond acceptors (Lipinski definition) is 3. The molecular formula is C15H17ClFN3. The summed E-state index contributed by atoms with van der Waals surface area (Å²) in [6.45, 7) is 6.85. The van der Waals surface area contributed by atoms with Gasteiger partial charge in [-0.1, -0.05) is 25.4 Å². The third-order valence-corrected chi connectivity index (χ3v) is 3.12. The second-order valence-electron chi connectivity index (χ2n) is 4.81. The van der Waals surface area contributed by atoms with Crippen molar-refractivity contribution in [2.75, 3.05) is 11.9 Å². The van der Waals surface area contributed by atoms with Crippen LogP contribution in [0.25, 0.3) is 11.3 Å². The van der Waals surface area contributed by atoms with Crippen LogP contribution in [-0.2, 0) is 0 Å². The Morgan fingerprint density at radius 3 is 2.60 bits per heavy atom. The van der Waals surface area contributed by atoms with E-state index in [1.165, 1.54) is 6.07 Å². The predicted molar refractivity (Wildman–Crippen MR) is 80.7 cm³/mol. The monoisotopic (exact) mass is 293 g/mol. The highest BCUT2D eigenvalue weighted by Gasteiger charge is 2.10. The van der Waals surface area contributed by atoms with Gasteiger partial charge in [-0.15, -0.1) is 0 Å². The van der Waals surface area contributed by atoms with Crippen molar-refractivity contribution in [1.82, 2.24) is 9.97 Å². The molecule has 0 atom stereocenters. The van der Waals surface area contributed by atoms with Gasteiger partial charge in [0.25, 0.3) is 0 Å². The molecule has 106 valence electrons. The van der Waals surface area contributed by atoms with Gasteiger partial charge in [0, 0.05) is 24.1 Å². The van der Waals surface area contributed by atoms with E-state index in [0.717, 1.165) is 29.4 Å². The van der Waals surface area contributed by atoms with Gasteiger partial charge >= 0.3 is 0 Å². The lowest BCUT2D eigenvalue weighted by molar-refractivity contribution is 0.628. The van der Waals surface area contributed by atoms with Crippen molar-refractivity contribution in [3.63, 3.8) is 0 Å². The van der Waals surface area contributed by atoms with E-state index < -0.39 is 5.82 Å². The van der Waals surface area contributed by atoms with Crippen LogP contribution in [0.5, 0.6) is 0 Å². The van der Waals surface area contributed by atoms with Crippen LogP contribution < -0.4 is 5.32 Å². The van der Waals surface area contributed by atoms with Crippen LogP contribution in [-0.4, -0.2) is 16.5 Å². The van der Waals surface area contributed by atoms with Crippen molar-refractivity contribution in [2.24, 2.45) is 0 Å². The molecule has 0 radical (unpaired) electrons. The topological polar surface area (TPSA) is 37.8 Å². The smallest absolute Gasteiger partial charge is 0.141 e. The van der Waals surface area contributed by atoms with Crippen molar-refractivity contribution in [2.45, 2.75) is 26.7 Å². The summed E-state index contributed by atoms with van der Waals surface area (Å²) < 4.78 is 13.2. The van der Waals surface area contributed by atoms with Crippen LogP contribution in [0.3, 0.4) is 0 Å². The molecule has 0 aliphatic heterocycles. The predicted octanol–water partition coefficient (Wildman–Crippen LogP) is 4.49. The van der Waals surface area contributed by atoms with Gasteiger partial charge in [-0.25, -0.2) is 14.4 Å². The van der Waals surface area contributed by atoms with Gasteiger partial charge in [0.1, 0.15) is 17.5 Å². The highest BCUT2D eigenvalue weighted by atomic mass is 35.5. The molecule has 1 aromatic heterocycles. The second kappa shape index (κ2) is 6.18. The molecule has 0 aliphatic rings. The quantitative estimate of drug-likeness (QED) is 0.902. The number of rotatable bonds is 4. The summed E-state index contributed by atoms with van der Waals surface area (Å²) in [6, 6.07) is 6.45. The maximum atomic E-state index is 13.2. The van der Waals surface area contributed by atoms with E-state index in [0.29, 0.717) is 0 Å². The van der Waals surface area contributed by atoms with E-state index in [-0.39, 0.29) is 10.9 Å². The number of hydrogen-bond donors (Lipinski definition) is 1. The molecule has 2 aromatic rings. The third-order valence-electron chi connectivity index (χ3n) is 2.83. The molecule has 2 rings (SSSR count). The molecule has 3 nitrogen and oxygen atoms in total. The molecule has 1 heterocycles. The molecule has 0 amide bonds. The Labute approximate surface area is 123 Å². The first-order chi connectivity index (χ1) is 9.51. The Kier molecular flexibility index (Phi) is 4.55. The van der Waals surface area contributed by atoms with Gasteiger partial charge in [0.15, 0.2) is 0 Å². The SMILES string of the molecule is CCNc1cc(-c2ccc(F)c(Cl)c2)nc(C(C)C)n1. The molecule has 0 spiro atoms. The summed E-state index contributed by atoms with van der Waals surface area (Å²) in [7, 11) is 0. The standard InChI is InChI=1S/C15H17ClFN3/c1-4-18-14-8-13(19-15(20-14)9(2)3)10-5-6-12(17)11(16)7-10/h5-9H,4H2,1-3H3,(H,18,19,20). The van der Waals surface area contributed by atoms with Crippen molar-refractivity contribution in [3.05, 3.63) is 40.9 Å². The third kappa shape index (κ3) is 3.25. The van der Waals surface area contributed by atoms with Gasteiger partial charge in [0.05, 0.1) is 10.7 Å². The van der Waals surface area contributed by atoms with Gasteiger partial charge in [-0.3, -0.25) is 0 Å². The fourth-order valence-electron chi connectivity index (χ4n) is 1.80. The van der Waals surface area contributed by atoms with Gasteiger partial charge in [0.2, 0.25) is 0 Å². The van der Waals surface area contributed by atoms with Crippen molar-refractivity contribution in [1.29, 1.82) is 0 Å². The largest absolute Gasteiger partial charge is 0.370 e. The van der Waals surface area contributed by atoms with E-state index in [9.17, 15) is 4.39 Å². The lowest BCUT2D eigenvalue weighted by Gasteiger charge is -2.11. The van der Waals surface area contributed by atoms with E-state index in [4.69, 9.17) is 11.6 Å². The average Bonchev–Trinajstić information content (AvgIpc) is 2.42. The Morgan fingerprint density at radius 1 is 1.25 bits per heavy atom. The zero-order valence-electron chi connectivity index (χ0n) is 11.7. The number of anilines is 1. The number of benzene rings is 1. The van der Waals surface area contributed by atoms with Crippen LogP contribution in [0.2, 0.25) is 5.02 Å². The van der Waals surface area contributed by atoms with Crippen molar-refractivity contribution < 1.29 is 4.39 Å². The minimum atomic E-state index is -0.430.